The number of carbonyl (C=O) groups is 1. The highest BCUT2D eigenvalue weighted by molar-refractivity contribution is 6.31. The summed E-state index contributed by atoms with van der Waals surface area (Å²) in [6.07, 6.45) is 1.81. The fourth-order valence-corrected chi connectivity index (χ4v) is 1.72. The molecule has 0 bridgehead atoms. The molecule has 94 valence electrons. The summed E-state index contributed by atoms with van der Waals surface area (Å²) in [5.74, 6) is -0.263. The first-order chi connectivity index (χ1) is 8.56. The molecular formula is C12H13ClN4O. The summed E-state index contributed by atoms with van der Waals surface area (Å²) in [5.41, 5.74) is 7.28. The summed E-state index contributed by atoms with van der Waals surface area (Å²) < 4.78 is 1.68. The highest BCUT2D eigenvalue weighted by atomic mass is 35.5. The largest absolute Gasteiger partial charge is 0.398 e. The zero-order chi connectivity index (χ0) is 13.1. The number of nitrogen functional groups attached to an aromatic ring is 1. The number of hydrogen-bond acceptors (Lipinski definition) is 3. The van der Waals surface area contributed by atoms with Gasteiger partial charge in [0.25, 0.3) is 5.91 Å². The van der Waals surface area contributed by atoms with Crippen molar-refractivity contribution in [1.82, 2.24) is 15.1 Å². The van der Waals surface area contributed by atoms with Gasteiger partial charge in [0.05, 0.1) is 17.8 Å². The van der Waals surface area contributed by atoms with Gasteiger partial charge in [0, 0.05) is 24.0 Å². The molecule has 1 amide bonds. The van der Waals surface area contributed by atoms with Crippen molar-refractivity contribution in [2.24, 2.45) is 7.05 Å². The molecule has 3 N–H and O–H groups in total. The minimum Gasteiger partial charge on any atom is -0.398 e. The van der Waals surface area contributed by atoms with Gasteiger partial charge in [0.2, 0.25) is 0 Å². The topological polar surface area (TPSA) is 72.9 Å². The van der Waals surface area contributed by atoms with Crippen LogP contribution >= 0.6 is 11.6 Å². The van der Waals surface area contributed by atoms with E-state index in [9.17, 15) is 4.79 Å². The quantitative estimate of drug-likeness (QED) is 0.827. The van der Waals surface area contributed by atoms with Crippen LogP contribution in [0.15, 0.2) is 30.5 Å². The summed E-state index contributed by atoms with van der Waals surface area (Å²) in [4.78, 5) is 11.9. The molecule has 1 aromatic carbocycles. The first-order valence-electron chi connectivity index (χ1n) is 5.38. The van der Waals surface area contributed by atoms with Crippen LogP contribution in [0.3, 0.4) is 0 Å². The summed E-state index contributed by atoms with van der Waals surface area (Å²) in [6.45, 7) is 0.353. The molecular weight excluding hydrogens is 252 g/mol. The number of nitrogens with zero attached hydrogens (tertiary/aromatic N) is 2. The van der Waals surface area contributed by atoms with Gasteiger partial charge >= 0.3 is 0 Å². The molecule has 2 rings (SSSR count). The summed E-state index contributed by atoms with van der Waals surface area (Å²) >= 11 is 5.83. The Kier molecular flexibility index (Phi) is 3.53. The smallest absolute Gasteiger partial charge is 0.253 e. The summed E-state index contributed by atoms with van der Waals surface area (Å²) in [6, 6.07) is 6.64. The predicted octanol–water partition coefficient (Wildman–Crippen LogP) is 1.59. The number of nitrogens with two attached hydrogens (primary N) is 1. The molecule has 0 saturated carbocycles. The molecule has 0 fully saturated rings. The molecule has 18 heavy (non-hydrogen) atoms. The molecule has 5 nitrogen and oxygen atoms in total. The predicted molar refractivity (Wildman–Crippen MR) is 70.2 cm³/mol. The zero-order valence-corrected chi connectivity index (χ0v) is 10.6. The van der Waals surface area contributed by atoms with Gasteiger partial charge in [0.15, 0.2) is 0 Å². The van der Waals surface area contributed by atoms with Crippen LogP contribution in [-0.4, -0.2) is 15.7 Å². The Morgan fingerprint density at radius 2 is 2.28 bits per heavy atom. The Labute approximate surface area is 110 Å². The normalized spacial score (nSPS) is 10.3. The number of benzene rings is 1. The zero-order valence-electron chi connectivity index (χ0n) is 9.85. The number of nitrogens with one attached hydrogen (secondary N) is 1. The number of anilines is 1. The molecule has 2 aromatic rings. The van der Waals surface area contributed by atoms with Crippen LogP contribution in [0.4, 0.5) is 5.69 Å². The van der Waals surface area contributed by atoms with E-state index in [1.165, 1.54) is 0 Å². The van der Waals surface area contributed by atoms with E-state index in [1.807, 2.05) is 19.3 Å². The lowest BCUT2D eigenvalue weighted by molar-refractivity contribution is 0.0951. The molecule has 0 radical (unpaired) electrons. The lowest BCUT2D eigenvalue weighted by atomic mass is 10.1. The van der Waals surface area contributed by atoms with Crippen molar-refractivity contribution in [3.63, 3.8) is 0 Å². The van der Waals surface area contributed by atoms with Crippen LogP contribution in [-0.2, 0) is 13.6 Å². The molecule has 1 heterocycles. The SMILES string of the molecule is Cn1ccc(CNC(=O)c2cc(Cl)ccc2N)n1. The Hall–Kier alpha value is -2.01. The maximum Gasteiger partial charge on any atom is 0.253 e. The molecule has 0 aliphatic rings. The lowest BCUT2D eigenvalue weighted by Crippen LogP contribution is -2.24. The third-order valence-corrected chi connectivity index (χ3v) is 2.69. The first-order valence-corrected chi connectivity index (χ1v) is 5.76. The van der Waals surface area contributed by atoms with Crippen molar-refractivity contribution in [1.29, 1.82) is 0 Å². The molecule has 0 saturated heterocycles. The van der Waals surface area contributed by atoms with Crippen LogP contribution in [0.2, 0.25) is 5.02 Å². The molecule has 1 aromatic heterocycles. The Morgan fingerprint density at radius 1 is 1.50 bits per heavy atom. The van der Waals surface area contributed by atoms with Crippen molar-refractivity contribution in [2.75, 3.05) is 5.73 Å². The van der Waals surface area contributed by atoms with Gasteiger partial charge in [-0.15, -0.1) is 0 Å². The third kappa shape index (κ3) is 2.81. The van der Waals surface area contributed by atoms with E-state index in [-0.39, 0.29) is 5.91 Å². The van der Waals surface area contributed by atoms with Crippen molar-refractivity contribution < 1.29 is 4.79 Å². The maximum atomic E-state index is 11.9. The van der Waals surface area contributed by atoms with Gasteiger partial charge < -0.3 is 11.1 Å². The van der Waals surface area contributed by atoms with Gasteiger partial charge in [-0.2, -0.15) is 5.10 Å². The average molecular weight is 265 g/mol. The van der Waals surface area contributed by atoms with Gasteiger partial charge in [0.1, 0.15) is 0 Å². The number of aromatic nitrogens is 2. The lowest BCUT2D eigenvalue weighted by Gasteiger charge is -2.06. The van der Waals surface area contributed by atoms with E-state index >= 15 is 0 Å². The second-order valence-corrected chi connectivity index (χ2v) is 4.33. The molecule has 0 aliphatic carbocycles. The van der Waals surface area contributed by atoms with E-state index in [0.717, 1.165) is 5.69 Å². The third-order valence-electron chi connectivity index (χ3n) is 2.46. The monoisotopic (exact) mass is 264 g/mol. The Morgan fingerprint density at radius 3 is 2.94 bits per heavy atom. The van der Waals surface area contributed by atoms with E-state index < -0.39 is 0 Å². The van der Waals surface area contributed by atoms with E-state index in [2.05, 4.69) is 10.4 Å². The first kappa shape index (κ1) is 12.4. The minimum atomic E-state index is -0.263. The van der Waals surface area contributed by atoms with Crippen molar-refractivity contribution in [3.05, 3.63) is 46.7 Å². The molecule has 0 spiro atoms. The van der Waals surface area contributed by atoms with Crippen LogP contribution < -0.4 is 11.1 Å². The minimum absolute atomic E-state index is 0.263. The van der Waals surface area contributed by atoms with E-state index in [0.29, 0.717) is 22.8 Å². The van der Waals surface area contributed by atoms with E-state index in [4.69, 9.17) is 17.3 Å². The Bertz CT molecular complexity index is 579. The highest BCUT2D eigenvalue weighted by Crippen LogP contribution is 2.17. The average Bonchev–Trinajstić information content (AvgIpc) is 2.75. The standard InChI is InChI=1S/C12H13ClN4O/c1-17-5-4-9(16-17)7-15-12(18)10-6-8(13)2-3-11(10)14/h2-6H,7,14H2,1H3,(H,15,18). The van der Waals surface area contributed by atoms with Crippen LogP contribution in [0, 0.1) is 0 Å². The van der Waals surface area contributed by atoms with E-state index in [1.54, 1.807) is 22.9 Å². The molecule has 0 atom stereocenters. The number of aryl methyl sites for hydroxylation is 1. The van der Waals surface area contributed by atoms with Crippen molar-refractivity contribution >= 4 is 23.2 Å². The maximum absolute atomic E-state index is 11.9. The van der Waals surface area contributed by atoms with Crippen molar-refractivity contribution in [2.45, 2.75) is 6.54 Å². The second kappa shape index (κ2) is 5.10. The number of halogens is 1. The number of rotatable bonds is 3. The van der Waals surface area contributed by atoms with Gasteiger partial charge in [-0.1, -0.05) is 11.6 Å². The van der Waals surface area contributed by atoms with Gasteiger partial charge in [-0.05, 0) is 24.3 Å². The van der Waals surface area contributed by atoms with Crippen molar-refractivity contribution in [3.8, 4) is 0 Å². The summed E-state index contributed by atoms with van der Waals surface area (Å²) in [7, 11) is 1.82. The number of carbonyl (C=O) groups excluding carboxylic acids is 1. The van der Waals surface area contributed by atoms with Crippen LogP contribution in [0.1, 0.15) is 16.1 Å². The van der Waals surface area contributed by atoms with Crippen LogP contribution in [0.5, 0.6) is 0 Å². The summed E-state index contributed by atoms with van der Waals surface area (Å²) in [5, 5.41) is 7.38. The highest BCUT2D eigenvalue weighted by Gasteiger charge is 2.10. The van der Waals surface area contributed by atoms with Gasteiger partial charge in [-0.25, -0.2) is 0 Å². The molecule has 6 heteroatoms. The molecule has 0 unspecified atom stereocenters. The fourth-order valence-electron chi connectivity index (χ4n) is 1.55. The Balaban J connectivity index is 2.05. The molecule has 0 aliphatic heterocycles. The number of amides is 1. The number of hydrogen-bond donors (Lipinski definition) is 2. The van der Waals surface area contributed by atoms with Crippen LogP contribution in [0.25, 0.3) is 0 Å². The fraction of sp³-hybridized carbons (Fsp3) is 0.167. The second-order valence-electron chi connectivity index (χ2n) is 3.89. The van der Waals surface area contributed by atoms with Gasteiger partial charge in [-0.3, -0.25) is 9.48 Å².